The van der Waals surface area contributed by atoms with Crippen molar-refractivity contribution in [2.24, 2.45) is 0 Å². The first-order valence-electron chi connectivity index (χ1n) is 16.5. The molecule has 0 spiro atoms. The summed E-state index contributed by atoms with van der Waals surface area (Å²) in [6.45, 7) is 13.8. The largest absolute Gasteiger partial charge is 0.456 e. The van der Waals surface area contributed by atoms with Gasteiger partial charge in [-0.3, -0.25) is 4.79 Å². The standard InChI is InChI=1S/C40H48O6SSi/c1-29(41)44-35-36(46-48(6,7)38(2,3)4)39(5,42)34(45-37(35)47-33-26-18-11-19-27-33)28-43-40(30-20-12-8-13-21-30,31-22-14-9-15-23-31)32-24-16-10-17-25-32/h8-27,34-37,42H,28H2,1-7H3/t34-,35-,36-,37+,39+/m1/s1. The van der Waals surface area contributed by atoms with E-state index in [4.69, 9.17) is 18.6 Å². The zero-order valence-corrected chi connectivity index (χ0v) is 30.8. The summed E-state index contributed by atoms with van der Waals surface area (Å²) >= 11 is 1.45. The molecule has 1 aliphatic heterocycles. The Labute approximate surface area is 290 Å². The van der Waals surface area contributed by atoms with Crippen LogP contribution in [0.25, 0.3) is 0 Å². The van der Waals surface area contributed by atoms with Crippen molar-refractivity contribution in [3.05, 3.63) is 138 Å². The summed E-state index contributed by atoms with van der Waals surface area (Å²) < 4.78 is 27.0. The fourth-order valence-corrected chi connectivity index (χ4v) is 8.40. The van der Waals surface area contributed by atoms with E-state index in [1.165, 1.54) is 18.7 Å². The molecule has 1 aliphatic rings. The molecule has 4 aromatic rings. The molecule has 0 saturated carbocycles. The van der Waals surface area contributed by atoms with Crippen molar-refractivity contribution in [2.45, 2.75) is 92.6 Å². The first-order chi connectivity index (χ1) is 22.8. The molecule has 0 radical (unpaired) electrons. The number of carbonyl (C=O) groups is 1. The van der Waals surface area contributed by atoms with E-state index in [0.29, 0.717) is 0 Å². The second-order valence-corrected chi connectivity index (χ2v) is 20.0. The minimum absolute atomic E-state index is 0.0156. The lowest BCUT2D eigenvalue weighted by Gasteiger charge is -2.53. The Bertz CT molecular complexity index is 1510. The van der Waals surface area contributed by atoms with Crippen molar-refractivity contribution in [3.8, 4) is 0 Å². The molecule has 0 unspecified atom stereocenters. The summed E-state index contributed by atoms with van der Waals surface area (Å²) in [5.74, 6) is -0.465. The Morgan fingerprint density at radius 1 is 0.812 bits per heavy atom. The van der Waals surface area contributed by atoms with Gasteiger partial charge in [0.25, 0.3) is 0 Å². The Balaban J connectivity index is 1.62. The van der Waals surface area contributed by atoms with Crippen molar-refractivity contribution in [1.82, 2.24) is 0 Å². The van der Waals surface area contributed by atoms with Crippen LogP contribution in [0.4, 0.5) is 0 Å². The SMILES string of the molecule is CC(=O)O[C@@H]1[C@@H](O[Si](C)(C)C(C)(C)C)[C@@](C)(O)[C@@H](COC(c2ccccc2)(c2ccccc2)c2ccccc2)O[C@H]1Sc1ccccc1. The van der Waals surface area contributed by atoms with Crippen molar-refractivity contribution < 1.29 is 28.5 Å². The van der Waals surface area contributed by atoms with E-state index >= 15 is 0 Å². The highest BCUT2D eigenvalue weighted by Crippen LogP contribution is 2.47. The van der Waals surface area contributed by atoms with Gasteiger partial charge in [0, 0.05) is 11.8 Å². The van der Waals surface area contributed by atoms with Crippen LogP contribution in [-0.4, -0.2) is 55.3 Å². The molecule has 6 nitrogen and oxygen atoms in total. The highest BCUT2D eigenvalue weighted by Gasteiger charge is 2.58. The lowest BCUT2D eigenvalue weighted by Crippen LogP contribution is -2.69. The lowest BCUT2D eigenvalue weighted by atomic mass is 9.79. The average molecular weight is 685 g/mol. The third-order valence-electron chi connectivity index (χ3n) is 9.61. The highest BCUT2D eigenvalue weighted by molar-refractivity contribution is 7.99. The van der Waals surface area contributed by atoms with Crippen molar-refractivity contribution >= 4 is 26.0 Å². The van der Waals surface area contributed by atoms with Gasteiger partial charge in [-0.15, -0.1) is 0 Å². The van der Waals surface area contributed by atoms with E-state index in [9.17, 15) is 9.90 Å². The summed E-state index contributed by atoms with van der Waals surface area (Å²) in [4.78, 5) is 13.5. The molecule has 254 valence electrons. The van der Waals surface area contributed by atoms with Crippen LogP contribution in [0.5, 0.6) is 0 Å². The summed E-state index contributed by atoms with van der Waals surface area (Å²) in [7, 11) is -2.50. The van der Waals surface area contributed by atoms with Gasteiger partial charge in [-0.1, -0.05) is 142 Å². The van der Waals surface area contributed by atoms with Crippen molar-refractivity contribution in [1.29, 1.82) is 0 Å². The van der Waals surface area contributed by atoms with Gasteiger partial charge in [0.05, 0.1) is 6.61 Å². The molecule has 0 aliphatic carbocycles. The zero-order valence-electron chi connectivity index (χ0n) is 29.0. The molecule has 0 aromatic heterocycles. The minimum atomic E-state index is -2.50. The number of thioether (sulfide) groups is 1. The number of esters is 1. The average Bonchev–Trinajstić information content (AvgIpc) is 3.06. The van der Waals surface area contributed by atoms with Crippen LogP contribution < -0.4 is 0 Å². The van der Waals surface area contributed by atoms with Crippen LogP contribution in [0.1, 0.15) is 51.3 Å². The predicted molar refractivity (Wildman–Crippen MR) is 194 cm³/mol. The summed E-state index contributed by atoms with van der Waals surface area (Å²) in [5.41, 5.74) is -0.466. The Kier molecular flexibility index (Phi) is 11.0. The molecule has 8 heteroatoms. The van der Waals surface area contributed by atoms with E-state index in [0.717, 1.165) is 21.6 Å². The van der Waals surface area contributed by atoms with Gasteiger partial charge in [-0.2, -0.15) is 0 Å². The normalized spacial score (nSPS) is 23.4. The molecular weight excluding hydrogens is 637 g/mol. The molecule has 1 saturated heterocycles. The number of carbonyl (C=O) groups excluding carboxylic acids is 1. The third-order valence-corrected chi connectivity index (χ3v) is 15.2. The van der Waals surface area contributed by atoms with Crippen LogP contribution in [-0.2, 0) is 29.0 Å². The fourth-order valence-electron chi connectivity index (χ4n) is 5.93. The Hall–Kier alpha value is -3.24. The minimum Gasteiger partial charge on any atom is -0.456 e. The molecule has 1 heterocycles. The van der Waals surface area contributed by atoms with Crippen molar-refractivity contribution in [3.63, 3.8) is 0 Å². The van der Waals surface area contributed by atoms with Crippen LogP contribution in [0.3, 0.4) is 0 Å². The van der Waals surface area contributed by atoms with Crippen LogP contribution in [0.15, 0.2) is 126 Å². The number of ether oxygens (including phenoxy) is 3. The third kappa shape index (κ3) is 7.64. The van der Waals surface area contributed by atoms with Crippen LogP contribution in [0, 0.1) is 0 Å². The number of hydrogen-bond acceptors (Lipinski definition) is 7. The first-order valence-corrected chi connectivity index (χ1v) is 20.3. The van der Waals surface area contributed by atoms with Crippen molar-refractivity contribution in [2.75, 3.05) is 6.61 Å². The van der Waals surface area contributed by atoms with E-state index in [2.05, 4.69) is 70.3 Å². The Morgan fingerprint density at radius 3 is 1.67 bits per heavy atom. The number of benzene rings is 4. The molecule has 0 bridgehead atoms. The van der Waals surface area contributed by atoms with Gasteiger partial charge in [0.1, 0.15) is 28.8 Å². The summed E-state index contributed by atoms with van der Waals surface area (Å²) in [5, 5.41) is 12.4. The topological polar surface area (TPSA) is 74.2 Å². The second kappa shape index (κ2) is 14.7. The quantitative estimate of drug-likeness (QED) is 0.0964. The molecule has 0 amide bonds. The molecule has 5 rings (SSSR count). The maximum Gasteiger partial charge on any atom is 0.303 e. The van der Waals surface area contributed by atoms with Gasteiger partial charge in [0.15, 0.2) is 14.4 Å². The fraction of sp³-hybridized carbons (Fsp3) is 0.375. The summed E-state index contributed by atoms with van der Waals surface area (Å²) in [6, 6.07) is 40.2. The van der Waals surface area contributed by atoms with Gasteiger partial charge in [0.2, 0.25) is 0 Å². The second-order valence-electron chi connectivity index (χ2n) is 14.1. The predicted octanol–water partition coefficient (Wildman–Crippen LogP) is 8.59. The molecule has 1 fully saturated rings. The van der Waals surface area contributed by atoms with E-state index in [1.807, 2.05) is 84.9 Å². The van der Waals surface area contributed by atoms with Gasteiger partial charge < -0.3 is 23.7 Å². The zero-order chi connectivity index (χ0) is 34.6. The Morgan fingerprint density at radius 2 is 1.25 bits per heavy atom. The maximum atomic E-state index is 12.6. The number of hydrogen-bond donors (Lipinski definition) is 1. The first kappa shape index (κ1) is 36.0. The van der Waals surface area contributed by atoms with Gasteiger partial charge in [-0.25, -0.2) is 0 Å². The highest BCUT2D eigenvalue weighted by atomic mass is 32.2. The summed E-state index contributed by atoms with van der Waals surface area (Å²) in [6.07, 6.45) is -2.61. The number of aliphatic hydroxyl groups is 1. The number of rotatable bonds is 11. The molecule has 1 N–H and O–H groups in total. The van der Waals surface area contributed by atoms with E-state index in [-0.39, 0.29) is 11.6 Å². The van der Waals surface area contributed by atoms with Gasteiger partial charge >= 0.3 is 5.97 Å². The van der Waals surface area contributed by atoms with Gasteiger partial charge in [-0.05, 0) is 53.9 Å². The lowest BCUT2D eigenvalue weighted by molar-refractivity contribution is -0.259. The molecule has 48 heavy (non-hydrogen) atoms. The van der Waals surface area contributed by atoms with E-state index in [1.54, 1.807) is 6.92 Å². The molecule has 4 aromatic carbocycles. The van der Waals surface area contributed by atoms with Crippen LogP contribution in [0.2, 0.25) is 18.1 Å². The molecular formula is C40H48O6SSi. The smallest absolute Gasteiger partial charge is 0.303 e. The van der Waals surface area contributed by atoms with Crippen LogP contribution >= 0.6 is 11.8 Å². The molecule has 5 atom stereocenters. The van der Waals surface area contributed by atoms with E-state index < -0.39 is 49.2 Å². The monoisotopic (exact) mass is 684 g/mol. The maximum absolute atomic E-state index is 12.6.